The van der Waals surface area contributed by atoms with Gasteiger partial charge in [-0.2, -0.15) is 0 Å². The molecule has 6 heteroatoms. The summed E-state index contributed by atoms with van der Waals surface area (Å²) in [5.74, 6) is 0.646. The van der Waals surface area contributed by atoms with E-state index in [1.54, 1.807) is 37.8 Å². The normalized spacial score (nSPS) is 12.1. The Balaban J connectivity index is 1.88. The van der Waals surface area contributed by atoms with Crippen LogP contribution < -0.4 is 15.8 Å². The van der Waals surface area contributed by atoms with Gasteiger partial charge in [-0.25, -0.2) is 4.98 Å². The summed E-state index contributed by atoms with van der Waals surface area (Å²) in [7, 11) is 1.56. The molecule has 6 nitrogen and oxygen atoms in total. The highest BCUT2D eigenvalue weighted by Gasteiger charge is 2.18. The molecule has 0 aliphatic rings. The van der Waals surface area contributed by atoms with Crippen LogP contribution in [-0.4, -0.2) is 35.0 Å². The molecular formula is C17H24N4O2. The van der Waals surface area contributed by atoms with Crippen molar-refractivity contribution in [3.05, 3.63) is 42.5 Å². The Morgan fingerprint density at radius 1 is 1.48 bits per heavy atom. The Labute approximate surface area is 136 Å². The second-order valence-corrected chi connectivity index (χ2v) is 5.39. The lowest BCUT2D eigenvalue weighted by atomic mass is 10.0. The largest absolute Gasteiger partial charge is 0.495 e. The molecule has 1 aromatic heterocycles. The van der Waals surface area contributed by atoms with E-state index in [1.165, 1.54) is 0 Å². The molecule has 0 radical (unpaired) electrons. The van der Waals surface area contributed by atoms with Crippen molar-refractivity contribution < 1.29 is 9.53 Å². The zero-order valence-electron chi connectivity index (χ0n) is 13.7. The number of nitrogens with two attached hydrogens (primary N) is 1. The van der Waals surface area contributed by atoms with Gasteiger partial charge in [-0.3, -0.25) is 4.79 Å². The number of benzene rings is 1. The summed E-state index contributed by atoms with van der Waals surface area (Å²) in [4.78, 5) is 16.6. The first-order valence-electron chi connectivity index (χ1n) is 7.82. The molecule has 23 heavy (non-hydrogen) atoms. The maximum atomic E-state index is 12.6. The standard InChI is InChI=1S/C17H24N4O2/c1-3-15(20-7-4-9-21-10-8-19-12-21)17(22)13-5-6-16(23-2)14(18)11-13/h5-6,8,10-12,15,20H,3-4,7,9,18H2,1-2H3. The second kappa shape index (κ2) is 8.33. The number of anilines is 1. The van der Waals surface area contributed by atoms with Crippen LogP contribution in [0.2, 0.25) is 0 Å². The summed E-state index contributed by atoms with van der Waals surface area (Å²) in [5.41, 5.74) is 6.97. The van der Waals surface area contributed by atoms with Gasteiger partial charge in [0.1, 0.15) is 5.75 Å². The van der Waals surface area contributed by atoms with Gasteiger partial charge in [0.05, 0.1) is 25.2 Å². The number of carbonyl (C=O) groups is 1. The van der Waals surface area contributed by atoms with Gasteiger partial charge < -0.3 is 20.4 Å². The third-order valence-electron chi connectivity index (χ3n) is 3.78. The highest BCUT2D eigenvalue weighted by atomic mass is 16.5. The molecule has 3 N–H and O–H groups in total. The summed E-state index contributed by atoms with van der Waals surface area (Å²) in [6.45, 7) is 3.65. The monoisotopic (exact) mass is 316 g/mol. The molecule has 2 rings (SSSR count). The number of rotatable bonds is 9. The fourth-order valence-corrected chi connectivity index (χ4v) is 2.47. The van der Waals surface area contributed by atoms with E-state index in [0.717, 1.165) is 25.9 Å². The van der Waals surface area contributed by atoms with Crippen LogP contribution in [0, 0.1) is 0 Å². The van der Waals surface area contributed by atoms with Crippen molar-refractivity contribution in [3.8, 4) is 5.75 Å². The van der Waals surface area contributed by atoms with Crippen molar-refractivity contribution in [1.29, 1.82) is 0 Å². The number of ketones is 1. The molecule has 0 amide bonds. The van der Waals surface area contributed by atoms with Gasteiger partial charge in [0, 0.05) is 24.5 Å². The number of hydrogen-bond acceptors (Lipinski definition) is 5. The number of imidazole rings is 1. The van der Waals surface area contributed by atoms with E-state index in [-0.39, 0.29) is 11.8 Å². The van der Waals surface area contributed by atoms with Crippen LogP contribution in [0.4, 0.5) is 5.69 Å². The van der Waals surface area contributed by atoms with E-state index < -0.39 is 0 Å². The predicted octanol–water partition coefficient (Wildman–Crippen LogP) is 2.12. The summed E-state index contributed by atoms with van der Waals surface area (Å²) >= 11 is 0. The summed E-state index contributed by atoms with van der Waals surface area (Å²) < 4.78 is 7.14. The molecule has 0 saturated heterocycles. The molecule has 1 atom stereocenters. The van der Waals surface area contributed by atoms with Gasteiger partial charge in [0.25, 0.3) is 0 Å². The Bertz CT molecular complexity index is 626. The zero-order chi connectivity index (χ0) is 16.7. The molecule has 0 bridgehead atoms. The Hall–Kier alpha value is -2.34. The number of carbonyl (C=O) groups excluding carboxylic acids is 1. The SMILES string of the molecule is CCC(NCCCn1ccnc1)C(=O)c1ccc(OC)c(N)c1. The molecule has 0 spiro atoms. The topological polar surface area (TPSA) is 82.2 Å². The van der Waals surface area contributed by atoms with E-state index in [2.05, 4.69) is 10.3 Å². The van der Waals surface area contributed by atoms with Crippen molar-refractivity contribution in [2.45, 2.75) is 32.4 Å². The molecule has 0 saturated carbocycles. The number of nitrogens with one attached hydrogen (secondary N) is 1. The third-order valence-corrected chi connectivity index (χ3v) is 3.78. The van der Waals surface area contributed by atoms with E-state index in [1.807, 2.05) is 17.7 Å². The van der Waals surface area contributed by atoms with Crippen LogP contribution in [0.25, 0.3) is 0 Å². The van der Waals surface area contributed by atoms with E-state index >= 15 is 0 Å². The van der Waals surface area contributed by atoms with Gasteiger partial charge in [-0.05, 0) is 37.6 Å². The van der Waals surface area contributed by atoms with Crippen molar-refractivity contribution in [2.24, 2.45) is 0 Å². The Morgan fingerprint density at radius 2 is 2.30 bits per heavy atom. The average molecular weight is 316 g/mol. The van der Waals surface area contributed by atoms with Gasteiger partial charge in [-0.15, -0.1) is 0 Å². The van der Waals surface area contributed by atoms with Crippen molar-refractivity contribution >= 4 is 11.5 Å². The number of aromatic nitrogens is 2. The number of hydrogen-bond donors (Lipinski definition) is 2. The zero-order valence-corrected chi connectivity index (χ0v) is 13.7. The third kappa shape index (κ3) is 4.56. The van der Waals surface area contributed by atoms with Gasteiger partial charge in [-0.1, -0.05) is 6.92 Å². The van der Waals surface area contributed by atoms with Crippen molar-refractivity contribution in [1.82, 2.24) is 14.9 Å². The molecule has 1 aromatic carbocycles. The molecular weight excluding hydrogens is 292 g/mol. The predicted molar refractivity (Wildman–Crippen MR) is 90.7 cm³/mol. The van der Waals surface area contributed by atoms with Crippen molar-refractivity contribution in [3.63, 3.8) is 0 Å². The summed E-state index contributed by atoms with van der Waals surface area (Å²) in [6.07, 6.45) is 7.16. The fraction of sp³-hybridized carbons (Fsp3) is 0.412. The minimum Gasteiger partial charge on any atom is -0.495 e. The number of aryl methyl sites for hydroxylation is 1. The molecule has 2 aromatic rings. The first-order valence-corrected chi connectivity index (χ1v) is 7.82. The Kier molecular flexibility index (Phi) is 6.17. The van der Waals surface area contributed by atoms with E-state index in [4.69, 9.17) is 10.5 Å². The minimum atomic E-state index is -0.203. The van der Waals surface area contributed by atoms with Crippen LogP contribution in [0.3, 0.4) is 0 Å². The number of nitrogen functional groups attached to an aromatic ring is 1. The van der Waals surface area contributed by atoms with Crippen LogP contribution >= 0.6 is 0 Å². The lowest BCUT2D eigenvalue weighted by molar-refractivity contribution is 0.0940. The van der Waals surface area contributed by atoms with Crippen LogP contribution in [0.1, 0.15) is 30.1 Å². The molecule has 1 unspecified atom stereocenters. The second-order valence-electron chi connectivity index (χ2n) is 5.39. The van der Waals surface area contributed by atoms with Gasteiger partial charge in [0.15, 0.2) is 5.78 Å². The number of nitrogens with zero attached hydrogens (tertiary/aromatic N) is 2. The molecule has 0 aliphatic heterocycles. The molecule has 124 valence electrons. The molecule has 1 heterocycles. The first-order chi connectivity index (χ1) is 11.2. The first kappa shape index (κ1) is 17.0. The lowest BCUT2D eigenvalue weighted by Crippen LogP contribution is -2.37. The Morgan fingerprint density at radius 3 is 2.91 bits per heavy atom. The molecule has 0 aliphatic carbocycles. The van der Waals surface area contributed by atoms with Crippen molar-refractivity contribution in [2.75, 3.05) is 19.4 Å². The maximum absolute atomic E-state index is 12.6. The number of methoxy groups -OCH3 is 1. The van der Waals surface area contributed by atoms with E-state index in [0.29, 0.717) is 17.0 Å². The smallest absolute Gasteiger partial charge is 0.179 e. The van der Waals surface area contributed by atoms with Gasteiger partial charge in [0.2, 0.25) is 0 Å². The summed E-state index contributed by atoms with van der Waals surface area (Å²) in [6, 6.07) is 4.96. The number of ether oxygens (including phenoxy) is 1. The highest BCUT2D eigenvalue weighted by molar-refractivity contribution is 6.01. The van der Waals surface area contributed by atoms with Crippen LogP contribution in [0.5, 0.6) is 5.75 Å². The minimum absolute atomic E-state index is 0.0597. The average Bonchev–Trinajstić information content (AvgIpc) is 3.07. The van der Waals surface area contributed by atoms with Gasteiger partial charge >= 0.3 is 0 Å². The maximum Gasteiger partial charge on any atom is 0.179 e. The molecule has 0 fully saturated rings. The van der Waals surface area contributed by atoms with Crippen LogP contribution in [-0.2, 0) is 6.54 Å². The number of Topliss-reactive ketones (excluding diaryl/α,β-unsaturated/α-hetero) is 1. The van der Waals surface area contributed by atoms with E-state index in [9.17, 15) is 4.79 Å². The summed E-state index contributed by atoms with van der Waals surface area (Å²) in [5, 5.41) is 3.32. The lowest BCUT2D eigenvalue weighted by Gasteiger charge is -2.16. The highest BCUT2D eigenvalue weighted by Crippen LogP contribution is 2.22. The fourth-order valence-electron chi connectivity index (χ4n) is 2.47. The van der Waals surface area contributed by atoms with Crippen LogP contribution in [0.15, 0.2) is 36.9 Å². The quantitative estimate of drug-likeness (QED) is 0.421.